The zero-order valence-corrected chi connectivity index (χ0v) is 12.9. The first-order valence-electron chi connectivity index (χ1n) is 6.55. The Hall–Kier alpha value is -1.76. The summed E-state index contributed by atoms with van der Waals surface area (Å²) < 4.78 is 36.9. The second-order valence-electron chi connectivity index (χ2n) is 5.45. The second kappa shape index (κ2) is 6.16. The molecule has 7 heteroatoms. The molecule has 2 rings (SSSR count). The van der Waals surface area contributed by atoms with Gasteiger partial charge in [0.15, 0.2) is 0 Å². The molecule has 0 aliphatic heterocycles. The average Bonchev–Trinajstić information content (AvgIpc) is 2.45. The van der Waals surface area contributed by atoms with Crippen LogP contribution in [-0.4, -0.2) is 22.2 Å². The summed E-state index contributed by atoms with van der Waals surface area (Å²) in [5.41, 5.74) is -4.40. The molecule has 3 nitrogen and oxygen atoms in total. The lowest BCUT2D eigenvalue weighted by molar-refractivity contribution is -0.122. The molecule has 0 aliphatic carbocycles. The van der Waals surface area contributed by atoms with Crippen molar-refractivity contribution >= 4 is 34.3 Å². The molecule has 1 heterocycles. The Morgan fingerprint density at radius 2 is 1.91 bits per heavy atom. The van der Waals surface area contributed by atoms with Crippen LogP contribution in [0.4, 0.5) is 18.9 Å². The van der Waals surface area contributed by atoms with Crippen molar-refractivity contribution < 1.29 is 18.0 Å². The highest BCUT2D eigenvalue weighted by Crippen LogP contribution is 2.36. The van der Waals surface area contributed by atoms with Gasteiger partial charge in [0.25, 0.3) is 0 Å². The Kier molecular flexibility index (Phi) is 4.65. The monoisotopic (exact) mass is 328 g/mol. The summed E-state index contributed by atoms with van der Waals surface area (Å²) in [5, 5.41) is 3.53. The number of carbonyl (C=O) groups is 1. The number of aromatic nitrogens is 1. The van der Waals surface area contributed by atoms with E-state index in [1.165, 1.54) is 13.8 Å². The van der Waals surface area contributed by atoms with Gasteiger partial charge in [-0.2, -0.15) is 13.2 Å². The van der Waals surface area contributed by atoms with E-state index in [2.05, 4.69) is 10.3 Å². The summed E-state index contributed by atoms with van der Waals surface area (Å²) in [6, 6.07) is 8.92. The number of anilines is 1. The van der Waals surface area contributed by atoms with Crippen molar-refractivity contribution in [3.8, 4) is 0 Å². The van der Waals surface area contributed by atoms with Crippen LogP contribution in [0.2, 0.25) is 0 Å². The molecule has 0 atom stereocenters. The van der Waals surface area contributed by atoms with Crippen LogP contribution in [0.25, 0.3) is 10.9 Å². The van der Waals surface area contributed by atoms with Crippen molar-refractivity contribution in [3.63, 3.8) is 0 Å². The van der Waals surface area contributed by atoms with Crippen molar-refractivity contribution in [1.82, 2.24) is 4.98 Å². The Morgan fingerprint density at radius 1 is 1.23 bits per heavy atom. The van der Waals surface area contributed by atoms with Gasteiger partial charge in [-0.15, -0.1) is 0 Å². The molecule has 1 aromatic carbocycles. The van der Waals surface area contributed by atoms with E-state index in [9.17, 15) is 18.0 Å². The number of nitrogens with zero attached hydrogens (tertiary/aromatic N) is 1. The fourth-order valence-corrected chi connectivity index (χ4v) is 2.48. The van der Waals surface area contributed by atoms with Gasteiger partial charge in [-0.3, -0.25) is 9.78 Å². The van der Waals surface area contributed by atoms with Crippen LogP contribution in [0.3, 0.4) is 0 Å². The highest BCUT2D eigenvalue weighted by molar-refractivity contribution is 8.00. The lowest BCUT2D eigenvalue weighted by Crippen LogP contribution is -2.33. The van der Waals surface area contributed by atoms with E-state index in [1.807, 2.05) is 12.1 Å². The van der Waals surface area contributed by atoms with E-state index in [1.54, 1.807) is 24.4 Å². The van der Waals surface area contributed by atoms with Crippen LogP contribution in [0, 0.1) is 5.41 Å². The zero-order chi connectivity index (χ0) is 16.4. The first-order valence-corrected chi connectivity index (χ1v) is 7.53. The molecule has 0 spiro atoms. The van der Waals surface area contributed by atoms with Gasteiger partial charge in [0.2, 0.25) is 5.91 Å². The number of para-hydroxylation sites is 1. The number of fused-ring (bicyclic) bond motifs is 1. The second-order valence-corrected chi connectivity index (χ2v) is 6.49. The number of amides is 1. The van der Waals surface area contributed by atoms with Crippen LogP contribution in [0.5, 0.6) is 0 Å². The smallest absolute Gasteiger partial charge is 0.324 e. The van der Waals surface area contributed by atoms with Gasteiger partial charge in [0, 0.05) is 17.3 Å². The van der Waals surface area contributed by atoms with Gasteiger partial charge >= 0.3 is 5.51 Å². The molecule has 0 fully saturated rings. The molecular weight excluding hydrogens is 313 g/mol. The lowest BCUT2D eigenvalue weighted by Gasteiger charge is -2.23. The maximum Gasteiger partial charge on any atom is 0.441 e. The number of halogens is 3. The van der Waals surface area contributed by atoms with Crippen LogP contribution >= 0.6 is 11.8 Å². The minimum absolute atomic E-state index is 0.193. The van der Waals surface area contributed by atoms with E-state index in [-0.39, 0.29) is 17.5 Å². The Labute approximate surface area is 130 Å². The molecule has 0 aliphatic rings. The third kappa shape index (κ3) is 4.13. The maximum absolute atomic E-state index is 12.3. The van der Waals surface area contributed by atoms with Crippen molar-refractivity contribution in [2.24, 2.45) is 5.41 Å². The Bertz CT molecular complexity index is 681. The molecule has 2 aromatic rings. The summed E-state index contributed by atoms with van der Waals surface area (Å²) in [4.78, 5) is 16.5. The predicted molar refractivity (Wildman–Crippen MR) is 82.7 cm³/mol. The summed E-state index contributed by atoms with van der Waals surface area (Å²) in [7, 11) is 0. The molecular formula is C15H15F3N2OS. The van der Waals surface area contributed by atoms with Gasteiger partial charge in [0.1, 0.15) is 0 Å². The standard InChI is InChI=1S/C15H15F3N2OS/c1-14(2,9-22-15(16,17)18)13(21)20-11-7-3-5-10-6-4-8-19-12(10)11/h3-8H,9H2,1-2H3,(H,20,21). The van der Waals surface area contributed by atoms with Gasteiger partial charge < -0.3 is 5.32 Å². The summed E-state index contributed by atoms with van der Waals surface area (Å²) in [6.45, 7) is 2.97. The number of thioether (sulfide) groups is 1. The summed E-state index contributed by atoms with van der Waals surface area (Å²) >= 11 is -0.193. The summed E-state index contributed by atoms with van der Waals surface area (Å²) in [6.07, 6.45) is 1.60. The quantitative estimate of drug-likeness (QED) is 0.901. The maximum atomic E-state index is 12.3. The molecule has 0 bridgehead atoms. The van der Waals surface area contributed by atoms with Crippen molar-refractivity contribution in [2.45, 2.75) is 19.4 Å². The predicted octanol–water partition coefficient (Wildman–Crippen LogP) is 4.45. The van der Waals surface area contributed by atoms with Crippen LogP contribution in [-0.2, 0) is 4.79 Å². The molecule has 1 aromatic heterocycles. The average molecular weight is 328 g/mol. The highest BCUT2D eigenvalue weighted by atomic mass is 32.2. The number of carbonyl (C=O) groups excluding carboxylic acids is 1. The molecule has 22 heavy (non-hydrogen) atoms. The number of alkyl halides is 3. The fraction of sp³-hybridized carbons (Fsp3) is 0.333. The lowest BCUT2D eigenvalue weighted by atomic mass is 9.95. The third-order valence-electron chi connectivity index (χ3n) is 3.09. The molecule has 118 valence electrons. The number of pyridine rings is 1. The Morgan fingerprint density at radius 3 is 2.59 bits per heavy atom. The molecule has 0 unspecified atom stereocenters. The molecule has 1 N–H and O–H groups in total. The van der Waals surface area contributed by atoms with Crippen LogP contribution < -0.4 is 5.32 Å². The first kappa shape index (κ1) is 16.6. The van der Waals surface area contributed by atoms with Gasteiger partial charge in [-0.1, -0.05) is 32.0 Å². The largest absolute Gasteiger partial charge is 0.441 e. The van der Waals surface area contributed by atoms with Gasteiger partial charge in [-0.25, -0.2) is 0 Å². The Balaban J connectivity index is 2.16. The SMILES string of the molecule is CC(C)(CSC(F)(F)F)C(=O)Nc1cccc2cccnc12. The van der Waals surface area contributed by atoms with Crippen molar-refractivity contribution in [1.29, 1.82) is 0 Å². The first-order chi connectivity index (χ1) is 10.2. The number of benzene rings is 1. The molecule has 0 saturated carbocycles. The number of hydrogen-bond donors (Lipinski definition) is 1. The van der Waals surface area contributed by atoms with E-state index in [0.717, 1.165) is 5.39 Å². The molecule has 1 amide bonds. The fourth-order valence-electron chi connectivity index (χ4n) is 1.82. The highest BCUT2D eigenvalue weighted by Gasteiger charge is 2.36. The number of nitrogens with one attached hydrogen (secondary N) is 1. The van der Waals surface area contributed by atoms with E-state index < -0.39 is 16.8 Å². The summed E-state index contributed by atoms with van der Waals surface area (Å²) in [5.74, 6) is -0.817. The van der Waals surface area contributed by atoms with E-state index >= 15 is 0 Å². The molecule has 0 radical (unpaired) electrons. The zero-order valence-electron chi connectivity index (χ0n) is 12.1. The topological polar surface area (TPSA) is 42.0 Å². The van der Waals surface area contributed by atoms with Gasteiger partial charge in [-0.05, 0) is 23.9 Å². The molecule has 0 saturated heterocycles. The minimum Gasteiger partial charge on any atom is -0.324 e. The third-order valence-corrected chi connectivity index (χ3v) is 4.29. The number of rotatable bonds is 4. The minimum atomic E-state index is -4.35. The van der Waals surface area contributed by atoms with Crippen LogP contribution in [0.1, 0.15) is 13.8 Å². The van der Waals surface area contributed by atoms with Crippen molar-refractivity contribution in [2.75, 3.05) is 11.1 Å². The van der Waals surface area contributed by atoms with Crippen molar-refractivity contribution in [3.05, 3.63) is 36.5 Å². The van der Waals surface area contributed by atoms with E-state index in [4.69, 9.17) is 0 Å². The van der Waals surface area contributed by atoms with E-state index in [0.29, 0.717) is 11.2 Å². The number of hydrogen-bond acceptors (Lipinski definition) is 3. The van der Waals surface area contributed by atoms with Gasteiger partial charge in [0.05, 0.1) is 16.6 Å². The normalized spacial score (nSPS) is 12.4. The van der Waals surface area contributed by atoms with Crippen LogP contribution in [0.15, 0.2) is 36.5 Å².